The molecular formula is C23H22N4O4S. The number of hydrogen-bond acceptors (Lipinski definition) is 5. The summed E-state index contributed by atoms with van der Waals surface area (Å²) in [5.74, 6) is -0.401. The summed E-state index contributed by atoms with van der Waals surface area (Å²) >= 11 is 0. The number of benzene rings is 3. The van der Waals surface area contributed by atoms with Gasteiger partial charge in [0.05, 0.1) is 11.4 Å². The van der Waals surface area contributed by atoms with Crippen LogP contribution >= 0.6 is 0 Å². The first-order valence-electron chi connectivity index (χ1n) is 10.1. The fourth-order valence-electron chi connectivity index (χ4n) is 3.38. The number of nitrogens with zero attached hydrogens (tertiary/aromatic N) is 1. The van der Waals surface area contributed by atoms with Crippen LogP contribution in [0.5, 0.6) is 0 Å². The summed E-state index contributed by atoms with van der Waals surface area (Å²) < 4.78 is 27.5. The van der Waals surface area contributed by atoms with Gasteiger partial charge >= 0.3 is 0 Å². The van der Waals surface area contributed by atoms with Crippen LogP contribution in [0.4, 0.5) is 5.69 Å². The number of aliphatic imine (C=N–C) groups is 1. The highest BCUT2D eigenvalue weighted by molar-refractivity contribution is 7.90. The number of sulfonamides is 1. The Bertz CT molecular complexity index is 1320. The molecule has 0 atom stereocenters. The van der Waals surface area contributed by atoms with Gasteiger partial charge in [-0.3, -0.25) is 19.3 Å². The molecule has 3 aromatic carbocycles. The van der Waals surface area contributed by atoms with Crippen LogP contribution in [0.15, 0.2) is 76.6 Å². The lowest BCUT2D eigenvalue weighted by atomic mass is 10.1. The first-order valence-corrected chi connectivity index (χ1v) is 11.6. The second-order valence-electron chi connectivity index (χ2n) is 7.36. The molecule has 1 aliphatic heterocycles. The first kappa shape index (κ1) is 21.5. The number of hydrogen-bond donors (Lipinski definition) is 3. The van der Waals surface area contributed by atoms with Crippen LogP contribution in [-0.4, -0.2) is 39.2 Å². The number of fused-ring (bicyclic) bond motifs is 1. The molecule has 164 valence electrons. The predicted octanol–water partition coefficient (Wildman–Crippen LogP) is 2.68. The maximum Gasteiger partial charge on any atom is 0.262 e. The van der Waals surface area contributed by atoms with E-state index in [0.29, 0.717) is 30.1 Å². The van der Waals surface area contributed by atoms with Gasteiger partial charge in [-0.25, -0.2) is 8.42 Å². The van der Waals surface area contributed by atoms with Gasteiger partial charge in [0, 0.05) is 24.2 Å². The molecule has 0 unspecified atom stereocenters. The van der Waals surface area contributed by atoms with Gasteiger partial charge in [-0.2, -0.15) is 0 Å². The van der Waals surface area contributed by atoms with Crippen LogP contribution in [-0.2, 0) is 14.8 Å². The third-order valence-electron chi connectivity index (χ3n) is 4.98. The quantitative estimate of drug-likeness (QED) is 0.535. The zero-order chi connectivity index (χ0) is 22.6. The number of anilines is 1. The molecule has 3 aromatic rings. The minimum Gasteiger partial charge on any atom is -0.343 e. The summed E-state index contributed by atoms with van der Waals surface area (Å²) in [6, 6.07) is 18.9. The average molecular weight is 451 g/mol. The third kappa shape index (κ3) is 5.12. The number of amidine groups is 1. The lowest BCUT2D eigenvalue weighted by Crippen LogP contribution is -2.33. The van der Waals surface area contributed by atoms with E-state index in [1.165, 1.54) is 18.2 Å². The molecule has 1 aliphatic rings. The topological polar surface area (TPSA) is 117 Å². The minimum absolute atomic E-state index is 0.0186. The molecule has 2 amide bonds. The highest BCUT2D eigenvalue weighted by Crippen LogP contribution is 2.17. The average Bonchev–Trinajstić information content (AvgIpc) is 3.29. The maximum absolute atomic E-state index is 12.5. The van der Waals surface area contributed by atoms with Gasteiger partial charge < -0.3 is 10.6 Å². The van der Waals surface area contributed by atoms with E-state index in [4.69, 9.17) is 0 Å². The molecule has 4 rings (SSSR count). The largest absolute Gasteiger partial charge is 0.343 e. The Balaban J connectivity index is 1.36. The van der Waals surface area contributed by atoms with Crippen molar-refractivity contribution in [3.8, 4) is 0 Å². The summed E-state index contributed by atoms with van der Waals surface area (Å²) in [4.78, 5) is 28.8. The van der Waals surface area contributed by atoms with Crippen molar-refractivity contribution in [1.29, 1.82) is 0 Å². The molecule has 0 radical (unpaired) electrons. The molecular weight excluding hydrogens is 428 g/mol. The summed E-state index contributed by atoms with van der Waals surface area (Å²) in [5.41, 5.74) is 0.761. The van der Waals surface area contributed by atoms with E-state index < -0.39 is 15.9 Å². The zero-order valence-corrected chi connectivity index (χ0v) is 18.0. The van der Waals surface area contributed by atoms with E-state index in [0.717, 1.165) is 17.2 Å². The number of nitrogens with one attached hydrogen (secondary N) is 3. The highest BCUT2D eigenvalue weighted by atomic mass is 32.2. The van der Waals surface area contributed by atoms with Crippen LogP contribution in [0.25, 0.3) is 10.8 Å². The van der Waals surface area contributed by atoms with Crippen LogP contribution in [0.1, 0.15) is 23.2 Å². The van der Waals surface area contributed by atoms with Crippen molar-refractivity contribution in [3.05, 3.63) is 72.3 Å². The lowest BCUT2D eigenvalue weighted by Gasteiger charge is -2.11. The van der Waals surface area contributed by atoms with E-state index in [1.54, 1.807) is 18.2 Å². The van der Waals surface area contributed by atoms with Crippen LogP contribution in [0.2, 0.25) is 0 Å². The third-order valence-corrected chi connectivity index (χ3v) is 6.35. The number of rotatable bonds is 6. The number of carbonyl (C=O) groups is 2. The van der Waals surface area contributed by atoms with Crippen LogP contribution in [0.3, 0.4) is 0 Å². The number of amides is 2. The maximum atomic E-state index is 12.5. The smallest absolute Gasteiger partial charge is 0.262 e. The summed E-state index contributed by atoms with van der Waals surface area (Å²) in [5, 5.41) is 7.14. The van der Waals surface area contributed by atoms with Gasteiger partial charge in [0.2, 0.25) is 5.91 Å². The zero-order valence-electron chi connectivity index (χ0n) is 17.2. The Kier molecular flexibility index (Phi) is 6.18. The van der Waals surface area contributed by atoms with Gasteiger partial charge in [0.25, 0.3) is 15.9 Å². The van der Waals surface area contributed by atoms with Crippen molar-refractivity contribution in [2.75, 3.05) is 18.4 Å². The Morgan fingerprint density at radius 1 is 0.938 bits per heavy atom. The molecule has 0 saturated heterocycles. The van der Waals surface area contributed by atoms with Gasteiger partial charge in [0.1, 0.15) is 5.84 Å². The fraction of sp³-hybridized carbons (Fsp3) is 0.174. The van der Waals surface area contributed by atoms with Crippen molar-refractivity contribution in [2.24, 2.45) is 4.99 Å². The summed E-state index contributed by atoms with van der Waals surface area (Å²) in [6.45, 7) is 0.358. The second-order valence-corrected chi connectivity index (χ2v) is 9.04. The molecule has 0 aliphatic carbocycles. The molecule has 8 nitrogen and oxygen atoms in total. The molecule has 0 aromatic heterocycles. The fourth-order valence-corrected chi connectivity index (χ4v) is 4.51. The van der Waals surface area contributed by atoms with Gasteiger partial charge in [-0.1, -0.05) is 36.4 Å². The van der Waals surface area contributed by atoms with Crippen molar-refractivity contribution in [2.45, 2.75) is 17.7 Å². The molecule has 0 fully saturated rings. The summed E-state index contributed by atoms with van der Waals surface area (Å²) in [6.07, 6.45) is 1.41. The minimum atomic E-state index is -3.78. The molecule has 32 heavy (non-hydrogen) atoms. The van der Waals surface area contributed by atoms with Crippen molar-refractivity contribution in [1.82, 2.24) is 10.0 Å². The SMILES string of the molecule is O=C(CNC(=O)c1ccc2ccccc2c1)Nc1cccc(S(=O)(=O)NC2=NCCC2)c1. The van der Waals surface area contributed by atoms with E-state index >= 15 is 0 Å². The van der Waals surface area contributed by atoms with Crippen molar-refractivity contribution < 1.29 is 18.0 Å². The predicted molar refractivity (Wildman–Crippen MR) is 123 cm³/mol. The monoisotopic (exact) mass is 450 g/mol. The first-order chi connectivity index (χ1) is 15.4. The van der Waals surface area contributed by atoms with Gasteiger partial charge in [-0.15, -0.1) is 0 Å². The van der Waals surface area contributed by atoms with E-state index in [1.807, 2.05) is 30.3 Å². The normalized spacial score (nSPS) is 13.4. The van der Waals surface area contributed by atoms with Crippen molar-refractivity contribution >= 4 is 44.1 Å². The highest BCUT2D eigenvalue weighted by Gasteiger charge is 2.19. The number of carbonyl (C=O) groups excluding carboxylic acids is 2. The van der Waals surface area contributed by atoms with Gasteiger partial charge in [0.15, 0.2) is 0 Å². The molecule has 0 spiro atoms. The Labute approximate surface area is 185 Å². The van der Waals surface area contributed by atoms with E-state index in [-0.39, 0.29) is 17.3 Å². The Hall–Kier alpha value is -3.72. The summed E-state index contributed by atoms with van der Waals surface area (Å²) in [7, 11) is -3.78. The van der Waals surface area contributed by atoms with Crippen LogP contribution in [0, 0.1) is 0 Å². The van der Waals surface area contributed by atoms with E-state index in [2.05, 4.69) is 20.3 Å². The van der Waals surface area contributed by atoms with Crippen molar-refractivity contribution in [3.63, 3.8) is 0 Å². The van der Waals surface area contributed by atoms with E-state index in [9.17, 15) is 18.0 Å². The molecule has 9 heteroatoms. The lowest BCUT2D eigenvalue weighted by molar-refractivity contribution is -0.115. The molecule has 0 saturated carbocycles. The Morgan fingerprint density at radius 2 is 1.75 bits per heavy atom. The second kappa shape index (κ2) is 9.19. The molecule has 1 heterocycles. The van der Waals surface area contributed by atoms with Gasteiger partial charge in [-0.05, 0) is 47.5 Å². The Morgan fingerprint density at radius 3 is 2.53 bits per heavy atom. The molecule has 0 bridgehead atoms. The standard InChI is InChI=1S/C23H22N4O4S/c28-22(15-25-23(29)18-11-10-16-5-1-2-6-17(16)13-18)26-19-7-3-8-20(14-19)32(30,31)27-21-9-4-12-24-21/h1-3,5-8,10-11,13-14H,4,9,12,15H2,(H,24,27)(H,25,29)(H,26,28). The van der Waals surface area contributed by atoms with Crippen LogP contribution < -0.4 is 15.4 Å². The molecule has 3 N–H and O–H groups in total.